The maximum Gasteiger partial charge on any atom is 0.227 e. The van der Waals surface area contributed by atoms with E-state index in [4.69, 9.17) is 11.6 Å². The summed E-state index contributed by atoms with van der Waals surface area (Å²) < 4.78 is 0. The molecule has 0 spiro atoms. The number of halogens is 1. The van der Waals surface area contributed by atoms with Crippen LogP contribution in [0.5, 0.6) is 0 Å². The Hall–Kier alpha value is -1.02. The molecule has 0 bridgehead atoms. The summed E-state index contributed by atoms with van der Waals surface area (Å²) in [7, 11) is 0. The zero-order chi connectivity index (χ0) is 12.1. The average molecular weight is 252 g/mol. The number of benzene rings is 1. The first-order valence-electron chi connectivity index (χ1n) is 6.24. The van der Waals surface area contributed by atoms with Crippen molar-refractivity contribution in [2.24, 2.45) is 0 Å². The Labute approximate surface area is 107 Å². The predicted octanol–water partition coefficient (Wildman–Crippen LogP) is 2.85. The number of carbonyl (C=O) groups excluding carboxylic acids is 1. The number of hydrogen-bond acceptors (Lipinski definition) is 1. The fourth-order valence-corrected chi connectivity index (χ4v) is 2.56. The lowest BCUT2D eigenvalue weighted by atomic mass is 9.82. The zero-order valence-electron chi connectivity index (χ0n) is 9.92. The van der Waals surface area contributed by atoms with Gasteiger partial charge in [0, 0.05) is 12.4 Å². The molecule has 17 heavy (non-hydrogen) atoms. The van der Waals surface area contributed by atoms with Crippen molar-refractivity contribution in [2.45, 2.75) is 31.6 Å². The Morgan fingerprint density at radius 3 is 3.06 bits per heavy atom. The number of fused-ring (bicyclic) bond motifs is 1. The number of aryl methyl sites for hydroxylation is 1. The molecule has 1 aromatic rings. The highest BCUT2D eigenvalue weighted by molar-refractivity contribution is 6.17. The maximum absolute atomic E-state index is 12.1. The molecule has 1 amide bonds. The molecule has 1 aliphatic carbocycles. The van der Waals surface area contributed by atoms with Gasteiger partial charge < -0.3 is 5.32 Å². The molecule has 0 heterocycles. The molecular weight excluding hydrogens is 234 g/mol. The number of rotatable bonds is 4. The van der Waals surface area contributed by atoms with E-state index in [9.17, 15) is 4.79 Å². The van der Waals surface area contributed by atoms with Crippen molar-refractivity contribution in [1.29, 1.82) is 0 Å². The van der Waals surface area contributed by atoms with E-state index >= 15 is 0 Å². The molecule has 92 valence electrons. The lowest BCUT2D eigenvalue weighted by molar-refractivity contribution is -0.122. The minimum Gasteiger partial charge on any atom is -0.356 e. The van der Waals surface area contributed by atoms with E-state index in [-0.39, 0.29) is 11.8 Å². The molecule has 2 rings (SSSR count). The van der Waals surface area contributed by atoms with E-state index in [0.717, 1.165) is 25.7 Å². The molecule has 1 atom stereocenters. The smallest absolute Gasteiger partial charge is 0.227 e. The van der Waals surface area contributed by atoms with E-state index in [2.05, 4.69) is 17.4 Å². The van der Waals surface area contributed by atoms with Crippen molar-refractivity contribution in [3.63, 3.8) is 0 Å². The molecule has 1 unspecified atom stereocenters. The van der Waals surface area contributed by atoms with E-state index < -0.39 is 0 Å². The van der Waals surface area contributed by atoms with Crippen molar-refractivity contribution >= 4 is 17.5 Å². The van der Waals surface area contributed by atoms with Crippen molar-refractivity contribution in [3.8, 4) is 0 Å². The summed E-state index contributed by atoms with van der Waals surface area (Å²) in [6.45, 7) is 0.682. The van der Waals surface area contributed by atoms with Gasteiger partial charge in [0.05, 0.1) is 5.92 Å². The second kappa shape index (κ2) is 6.06. The van der Waals surface area contributed by atoms with Gasteiger partial charge in [0.15, 0.2) is 0 Å². The van der Waals surface area contributed by atoms with Crippen LogP contribution in [-0.2, 0) is 11.2 Å². The van der Waals surface area contributed by atoms with E-state index in [1.165, 1.54) is 11.1 Å². The summed E-state index contributed by atoms with van der Waals surface area (Å²) in [6.07, 6.45) is 4.00. The van der Waals surface area contributed by atoms with Crippen LogP contribution in [0, 0.1) is 0 Å². The molecule has 0 aliphatic heterocycles. The molecule has 0 fully saturated rings. The van der Waals surface area contributed by atoms with Crippen LogP contribution < -0.4 is 5.32 Å². The fraction of sp³-hybridized carbons (Fsp3) is 0.500. The van der Waals surface area contributed by atoms with Gasteiger partial charge >= 0.3 is 0 Å². The normalized spacial score (nSPS) is 18.5. The molecule has 0 aromatic heterocycles. The predicted molar refractivity (Wildman–Crippen MR) is 70.5 cm³/mol. The second-order valence-corrected chi connectivity index (χ2v) is 4.86. The third kappa shape index (κ3) is 3.01. The number of alkyl halides is 1. The maximum atomic E-state index is 12.1. The largest absolute Gasteiger partial charge is 0.356 e. The summed E-state index contributed by atoms with van der Waals surface area (Å²) in [5.74, 6) is 0.791. The van der Waals surface area contributed by atoms with Crippen LogP contribution in [0.3, 0.4) is 0 Å². The summed E-state index contributed by atoms with van der Waals surface area (Å²) in [4.78, 5) is 12.1. The molecule has 1 aromatic carbocycles. The van der Waals surface area contributed by atoms with Crippen molar-refractivity contribution in [3.05, 3.63) is 35.4 Å². The molecule has 0 saturated carbocycles. The van der Waals surface area contributed by atoms with Crippen molar-refractivity contribution in [1.82, 2.24) is 5.32 Å². The summed E-state index contributed by atoms with van der Waals surface area (Å²) in [5.41, 5.74) is 2.54. The van der Waals surface area contributed by atoms with Crippen LogP contribution in [0.25, 0.3) is 0 Å². The lowest BCUT2D eigenvalue weighted by Gasteiger charge is -2.24. The molecule has 3 heteroatoms. The van der Waals surface area contributed by atoms with Gasteiger partial charge in [-0.05, 0) is 36.8 Å². The highest BCUT2D eigenvalue weighted by atomic mass is 35.5. The van der Waals surface area contributed by atoms with Gasteiger partial charge in [0.25, 0.3) is 0 Å². The zero-order valence-corrected chi connectivity index (χ0v) is 10.7. The topological polar surface area (TPSA) is 29.1 Å². The Morgan fingerprint density at radius 1 is 1.41 bits per heavy atom. The number of hydrogen-bond donors (Lipinski definition) is 1. The molecular formula is C14H18ClNO. The lowest BCUT2D eigenvalue weighted by Crippen LogP contribution is -2.32. The van der Waals surface area contributed by atoms with Gasteiger partial charge in [-0.25, -0.2) is 0 Å². The Bertz CT molecular complexity index is 392. The highest BCUT2D eigenvalue weighted by Crippen LogP contribution is 2.31. The molecule has 0 saturated heterocycles. The highest BCUT2D eigenvalue weighted by Gasteiger charge is 2.25. The summed E-state index contributed by atoms with van der Waals surface area (Å²) in [6, 6.07) is 8.28. The van der Waals surface area contributed by atoms with Crippen LogP contribution in [0.4, 0.5) is 0 Å². The first kappa shape index (κ1) is 12.4. The van der Waals surface area contributed by atoms with Crippen LogP contribution in [0.2, 0.25) is 0 Å². The van der Waals surface area contributed by atoms with Gasteiger partial charge in [-0.1, -0.05) is 24.3 Å². The molecule has 1 aliphatic rings. The van der Waals surface area contributed by atoms with E-state index in [1.54, 1.807) is 0 Å². The Morgan fingerprint density at radius 2 is 2.24 bits per heavy atom. The van der Waals surface area contributed by atoms with Crippen molar-refractivity contribution in [2.75, 3.05) is 12.4 Å². The second-order valence-electron chi connectivity index (χ2n) is 4.48. The standard InChI is InChI=1S/C14H18ClNO/c15-9-4-10-16-14(17)13-8-3-6-11-5-1-2-7-12(11)13/h1-2,5,7,13H,3-4,6,8-10H2,(H,16,17). The number of nitrogens with one attached hydrogen (secondary N) is 1. The van der Waals surface area contributed by atoms with E-state index in [0.29, 0.717) is 12.4 Å². The Kier molecular flexibility index (Phi) is 4.43. The minimum atomic E-state index is 0.0373. The van der Waals surface area contributed by atoms with Crippen molar-refractivity contribution < 1.29 is 4.79 Å². The van der Waals surface area contributed by atoms with Gasteiger partial charge in [-0.3, -0.25) is 4.79 Å². The monoisotopic (exact) mass is 251 g/mol. The first-order valence-corrected chi connectivity index (χ1v) is 6.78. The van der Waals surface area contributed by atoms with E-state index in [1.807, 2.05) is 12.1 Å². The third-order valence-corrected chi connectivity index (χ3v) is 3.56. The van der Waals surface area contributed by atoms with Crippen LogP contribution in [-0.4, -0.2) is 18.3 Å². The summed E-state index contributed by atoms with van der Waals surface area (Å²) >= 11 is 5.60. The minimum absolute atomic E-state index is 0.0373. The van der Waals surface area contributed by atoms with Crippen LogP contribution in [0.15, 0.2) is 24.3 Å². The molecule has 2 nitrogen and oxygen atoms in total. The third-order valence-electron chi connectivity index (χ3n) is 3.30. The van der Waals surface area contributed by atoms with Gasteiger partial charge in [-0.15, -0.1) is 11.6 Å². The first-order chi connectivity index (χ1) is 8.33. The fourth-order valence-electron chi connectivity index (χ4n) is 2.43. The SMILES string of the molecule is O=C(NCCCCl)C1CCCc2ccccc21. The van der Waals surface area contributed by atoms with Gasteiger partial charge in [0.1, 0.15) is 0 Å². The Balaban J connectivity index is 2.05. The summed E-state index contributed by atoms with van der Waals surface area (Å²) in [5, 5.41) is 2.97. The average Bonchev–Trinajstić information content (AvgIpc) is 2.38. The molecule has 1 N–H and O–H groups in total. The molecule has 0 radical (unpaired) electrons. The van der Waals surface area contributed by atoms with Gasteiger partial charge in [-0.2, -0.15) is 0 Å². The number of amides is 1. The number of carbonyl (C=O) groups is 1. The van der Waals surface area contributed by atoms with Crippen LogP contribution in [0.1, 0.15) is 36.3 Å². The quantitative estimate of drug-likeness (QED) is 0.647. The van der Waals surface area contributed by atoms with Gasteiger partial charge in [0.2, 0.25) is 5.91 Å². The van der Waals surface area contributed by atoms with Crippen LogP contribution >= 0.6 is 11.6 Å².